The van der Waals surface area contributed by atoms with E-state index in [0.717, 1.165) is 27.5 Å². The van der Waals surface area contributed by atoms with Gasteiger partial charge in [0.15, 0.2) is 0 Å². The molecule has 2 aromatic carbocycles. The molecule has 0 aliphatic heterocycles. The number of hydrogen-bond donors (Lipinski definition) is 1. The Morgan fingerprint density at radius 2 is 1.78 bits per heavy atom. The Morgan fingerprint density at radius 1 is 1.06 bits per heavy atom. The van der Waals surface area contributed by atoms with Gasteiger partial charge in [-0.1, -0.05) is 41.9 Å². The lowest BCUT2D eigenvalue weighted by molar-refractivity contribution is 0.337. The van der Waals surface area contributed by atoms with Gasteiger partial charge in [0.2, 0.25) is 0 Å². The number of halogens is 1. The van der Waals surface area contributed by atoms with Crippen LogP contribution in [0, 0.1) is 0 Å². The third-order valence-electron chi connectivity index (χ3n) is 2.80. The summed E-state index contributed by atoms with van der Waals surface area (Å²) < 4.78 is 5.61. The van der Waals surface area contributed by atoms with E-state index in [9.17, 15) is 0 Å². The molecule has 0 aliphatic rings. The van der Waals surface area contributed by atoms with Crippen LogP contribution in [0.25, 0.3) is 11.1 Å². The molecule has 0 aliphatic carbocycles. The average Bonchev–Trinajstić information content (AvgIpc) is 2.39. The van der Waals surface area contributed by atoms with Crippen molar-refractivity contribution >= 4 is 11.6 Å². The molecule has 0 bridgehead atoms. The van der Waals surface area contributed by atoms with Gasteiger partial charge < -0.3 is 10.5 Å². The molecule has 0 fully saturated rings. The molecule has 0 aromatic heterocycles. The van der Waals surface area contributed by atoms with Crippen molar-refractivity contribution in [2.75, 3.05) is 6.61 Å². The van der Waals surface area contributed by atoms with Gasteiger partial charge in [-0.05, 0) is 24.6 Å². The van der Waals surface area contributed by atoms with Crippen molar-refractivity contribution in [1.29, 1.82) is 0 Å². The Labute approximate surface area is 112 Å². The van der Waals surface area contributed by atoms with Gasteiger partial charge in [-0.2, -0.15) is 0 Å². The van der Waals surface area contributed by atoms with Crippen LogP contribution in [-0.4, -0.2) is 6.61 Å². The Bertz CT molecular complexity index is 540. The molecule has 0 radical (unpaired) electrons. The summed E-state index contributed by atoms with van der Waals surface area (Å²) in [7, 11) is 0. The lowest BCUT2D eigenvalue weighted by Gasteiger charge is -2.14. The molecular formula is C15H16ClNO. The van der Waals surface area contributed by atoms with E-state index in [0.29, 0.717) is 13.2 Å². The molecule has 0 atom stereocenters. The summed E-state index contributed by atoms with van der Waals surface area (Å²) in [4.78, 5) is 0. The van der Waals surface area contributed by atoms with E-state index >= 15 is 0 Å². The van der Waals surface area contributed by atoms with Crippen LogP contribution < -0.4 is 10.5 Å². The van der Waals surface area contributed by atoms with Crippen LogP contribution in [0.5, 0.6) is 5.75 Å². The van der Waals surface area contributed by atoms with Gasteiger partial charge in [-0.3, -0.25) is 0 Å². The van der Waals surface area contributed by atoms with E-state index in [4.69, 9.17) is 22.1 Å². The Balaban J connectivity index is 2.57. The molecule has 2 rings (SSSR count). The van der Waals surface area contributed by atoms with E-state index in [-0.39, 0.29) is 0 Å². The van der Waals surface area contributed by atoms with E-state index in [1.54, 1.807) is 0 Å². The second kappa shape index (κ2) is 5.89. The van der Waals surface area contributed by atoms with Gasteiger partial charge in [0.05, 0.1) is 6.61 Å². The minimum Gasteiger partial charge on any atom is -0.494 e. The fourth-order valence-corrected chi connectivity index (χ4v) is 2.24. The number of benzene rings is 2. The first-order chi connectivity index (χ1) is 8.77. The lowest BCUT2D eigenvalue weighted by Crippen LogP contribution is -2.04. The quantitative estimate of drug-likeness (QED) is 0.907. The molecule has 0 heterocycles. The van der Waals surface area contributed by atoms with Gasteiger partial charge in [0, 0.05) is 22.7 Å². The predicted octanol–water partition coefficient (Wildman–Crippen LogP) is 3.86. The Morgan fingerprint density at radius 3 is 2.44 bits per heavy atom. The molecule has 0 saturated carbocycles. The third-order valence-corrected chi connectivity index (χ3v) is 3.13. The van der Waals surface area contributed by atoms with Crippen LogP contribution in [0.1, 0.15) is 12.5 Å². The van der Waals surface area contributed by atoms with Crippen molar-refractivity contribution in [2.45, 2.75) is 13.5 Å². The minimum absolute atomic E-state index is 0.427. The van der Waals surface area contributed by atoms with Crippen LogP contribution in [0.2, 0.25) is 5.02 Å². The van der Waals surface area contributed by atoms with Crippen LogP contribution in [0.3, 0.4) is 0 Å². The minimum atomic E-state index is 0.427. The first-order valence-corrected chi connectivity index (χ1v) is 6.35. The number of rotatable bonds is 4. The monoisotopic (exact) mass is 261 g/mol. The van der Waals surface area contributed by atoms with Crippen LogP contribution in [0.4, 0.5) is 0 Å². The highest BCUT2D eigenvalue weighted by Gasteiger charge is 2.11. The maximum atomic E-state index is 6.24. The number of hydrogen-bond acceptors (Lipinski definition) is 2. The number of ether oxygens (including phenoxy) is 1. The van der Waals surface area contributed by atoms with Gasteiger partial charge >= 0.3 is 0 Å². The average molecular weight is 262 g/mol. The summed E-state index contributed by atoms with van der Waals surface area (Å²) in [6.45, 7) is 3.01. The summed E-state index contributed by atoms with van der Waals surface area (Å²) in [5.41, 5.74) is 8.86. The molecule has 2 aromatic rings. The molecule has 94 valence electrons. The highest BCUT2D eigenvalue weighted by molar-refractivity contribution is 6.33. The second-order valence-corrected chi connectivity index (χ2v) is 4.31. The molecule has 0 unspecified atom stereocenters. The molecular weight excluding hydrogens is 246 g/mol. The zero-order chi connectivity index (χ0) is 13.0. The van der Waals surface area contributed by atoms with Gasteiger partial charge in [-0.15, -0.1) is 0 Å². The predicted molar refractivity (Wildman–Crippen MR) is 75.9 cm³/mol. The van der Waals surface area contributed by atoms with Crippen LogP contribution in [-0.2, 0) is 6.54 Å². The van der Waals surface area contributed by atoms with Gasteiger partial charge in [0.1, 0.15) is 5.75 Å². The van der Waals surface area contributed by atoms with E-state index in [1.165, 1.54) is 0 Å². The van der Waals surface area contributed by atoms with Gasteiger partial charge in [0.25, 0.3) is 0 Å². The second-order valence-electron chi connectivity index (χ2n) is 3.90. The summed E-state index contributed by atoms with van der Waals surface area (Å²) in [6.07, 6.45) is 0. The molecule has 0 spiro atoms. The number of nitrogens with two attached hydrogens (primary N) is 1. The molecule has 18 heavy (non-hydrogen) atoms. The topological polar surface area (TPSA) is 35.2 Å². The van der Waals surface area contributed by atoms with Crippen molar-refractivity contribution in [3.63, 3.8) is 0 Å². The smallest absolute Gasteiger partial charge is 0.124 e. The highest BCUT2D eigenvalue weighted by Crippen LogP contribution is 2.34. The fraction of sp³-hybridized carbons (Fsp3) is 0.200. The van der Waals surface area contributed by atoms with Gasteiger partial charge in [-0.25, -0.2) is 0 Å². The maximum Gasteiger partial charge on any atom is 0.124 e. The first kappa shape index (κ1) is 12.9. The summed E-state index contributed by atoms with van der Waals surface area (Å²) in [5.74, 6) is 0.831. The third kappa shape index (κ3) is 2.50. The molecule has 0 amide bonds. The van der Waals surface area contributed by atoms with Crippen molar-refractivity contribution in [1.82, 2.24) is 0 Å². The zero-order valence-electron chi connectivity index (χ0n) is 10.3. The van der Waals surface area contributed by atoms with Crippen LogP contribution >= 0.6 is 11.6 Å². The molecule has 2 N–H and O–H groups in total. The van der Waals surface area contributed by atoms with Crippen molar-refractivity contribution < 1.29 is 4.74 Å². The SMILES string of the molecule is CCOc1cccc(-c2ccccc2Cl)c1CN. The van der Waals surface area contributed by atoms with E-state index in [2.05, 4.69) is 0 Å². The first-order valence-electron chi connectivity index (χ1n) is 5.97. The van der Waals surface area contributed by atoms with Crippen molar-refractivity contribution in [3.05, 3.63) is 53.1 Å². The van der Waals surface area contributed by atoms with Crippen LogP contribution in [0.15, 0.2) is 42.5 Å². The molecule has 0 saturated heterocycles. The Hall–Kier alpha value is -1.51. The van der Waals surface area contributed by atoms with E-state index < -0.39 is 0 Å². The lowest BCUT2D eigenvalue weighted by atomic mass is 9.99. The fourth-order valence-electron chi connectivity index (χ4n) is 2.00. The summed E-state index contributed by atoms with van der Waals surface area (Å²) >= 11 is 6.24. The molecule has 3 heteroatoms. The van der Waals surface area contributed by atoms with E-state index in [1.807, 2.05) is 49.4 Å². The normalized spacial score (nSPS) is 10.4. The summed E-state index contributed by atoms with van der Waals surface area (Å²) in [5, 5.41) is 0.723. The van der Waals surface area contributed by atoms with Crippen molar-refractivity contribution in [3.8, 4) is 16.9 Å². The Kier molecular flexibility index (Phi) is 4.24. The highest BCUT2D eigenvalue weighted by atomic mass is 35.5. The largest absolute Gasteiger partial charge is 0.494 e. The zero-order valence-corrected chi connectivity index (χ0v) is 11.1. The maximum absolute atomic E-state index is 6.24. The molecule has 2 nitrogen and oxygen atoms in total. The standard InChI is InChI=1S/C15H16ClNO/c1-2-18-15-9-5-7-11(13(15)10-17)12-6-3-4-8-14(12)16/h3-9H,2,10,17H2,1H3. The summed E-state index contributed by atoms with van der Waals surface area (Å²) in [6, 6.07) is 13.7. The van der Waals surface area contributed by atoms with Crippen molar-refractivity contribution in [2.24, 2.45) is 5.73 Å².